The van der Waals surface area contributed by atoms with Gasteiger partial charge in [0.15, 0.2) is 11.6 Å². The molecule has 0 atom stereocenters. The van der Waals surface area contributed by atoms with Gasteiger partial charge in [0, 0.05) is 0 Å². The fourth-order valence-corrected chi connectivity index (χ4v) is 0.919. The first-order chi connectivity index (χ1) is 7.06. The molecule has 15 heavy (non-hydrogen) atoms. The van der Waals surface area contributed by atoms with Crippen molar-refractivity contribution in [2.75, 3.05) is 5.12 Å². The third kappa shape index (κ3) is 2.28. The van der Waals surface area contributed by atoms with Gasteiger partial charge in [0.2, 0.25) is 5.69 Å². The van der Waals surface area contributed by atoms with Crippen LogP contribution in [-0.4, -0.2) is 6.03 Å². The Kier molecular flexibility index (Phi) is 2.97. The number of rotatable bonds is 2. The number of hydrazine groups is 1. The number of halogens is 2. The van der Waals surface area contributed by atoms with E-state index in [1.165, 1.54) is 0 Å². The highest BCUT2D eigenvalue weighted by Gasteiger charge is 2.26. The summed E-state index contributed by atoms with van der Waals surface area (Å²) in [5.41, 5.74) is 5.66. The zero-order valence-electron chi connectivity index (χ0n) is 7.32. The van der Waals surface area contributed by atoms with Gasteiger partial charge in [-0.2, -0.15) is 5.43 Å². The minimum atomic E-state index is -1.13. The second-order valence-corrected chi connectivity index (χ2v) is 2.45. The highest BCUT2D eigenvalue weighted by atomic mass is 19.1. The molecule has 1 rings (SSSR count). The van der Waals surface area contributed by atoms with Crippen molar-refractivity contribution in [3.63, 3.8) is 0 Å². The van der Waals surface area contributed by atoms with E-state index in [0.717, 1.165) is 18.2 Å². The lowest BCUT2D eigenvalue weighted by atomic mass is 10.3. The maximum Gasteiger partial charge on any atom is 0.336 e. The SMILES string of the molecule is N#[N+]N(NC(N)=O)c1c(F)cccc1F. The summed E-state index contributed by atoms with van der Waals surface area (Å²) in [6.07, 6.45) is 0. The Morgan fingerprint density at radius 3 is 2.40 bits per heavy atom. The van der Waals surface area contributed by atoms with Crippen LogP contribution in [0.25, 0.3) is 5.08 Å². The van der Waals surface area contributed by atoms with Crippen LogP contribution in [0, 0.1) is 17.0 Å². The number of hydrogen-bond acceptors (Lipinski definition) is 3. The first kappa shape index (κ1) is 10.6. The van der Waals surface area contributed by atoms with Crippen molar-refractivity contribution in [1.29, 1.82) is 5.39 Å². The number of para-hydroxylation sites is 1. The third-order valence-electron chi connectivity index (χ3n) is 1.45. The van der Waals surface area contributed by atoms with E-state index >= 15 is 0 Å². The summed E-state index contributed by atoms with van der Waals surface area (Å²) in [7, 11) is 0. The lowest BCUT2D eigenvalue weighted by molar-refractivity contribution is 0.248. The van der Waals surface area contributed by atoms with Crippen molar-refractivity contribution < 1.29 is 13.6 Å². The Bertz CT molecular complexity index is 410. The molecule has 1 aromatic rings. The highest BCUT2D eigenvalue weighted by molar-refractivity contribution is 5.74. The molecule has 1 aromatic carbocycles. The second kappa shape index (κ2) is 4.19. The molecule has 0 aliphatic heterocycles. The van der Waals surface area contributed by atoms with E-state index in [1.54, 1.807) is 5.43 Å². The van der Waals surface area contributed by atoms with Gasteiger partial charge in [-0.05, 0) is 12.1 Å². The number of carbonyl (C=O) groups excluding carboxylic acids is 1. The van der Waals surface area contributed by atoms with Crippen molar-refractivity contribution in [2.45, 2.75) is 0 Å². The molecule has 8 heteroatoms. The molecule has 3 N–H and O–H groups in total. The number of carbonyl (C=O) groups is 1. The van der Waals surface area contributed by atoms with Crippen molar-refractivity contribution in [1.82, 2.24) is 5.43 Å². The van der Waals surface area contributed by atoms with E-state index in [4.69, 9.17) is 11.1 Å². The van der Waals surface area contributed by atoms with Crippen LogP contribution in [0.4, 0.5) is 19.3 Å². The molecule has 0 fully saturated rings. The third-order valence-corrected chi connectivity index (χ3v) is 1.45. The Hall–Kier alpha value is -2.43. The van der Waals surface area contributed by atoms with Crippen LogP contribution < -0.4 is 16.3 Å². The van der Waals surface area contributed by atoms with Crippen LogP contribution in [0.5, 0.6) is 0 Å². The molecule has 0 aliphatic carbocycles. The minimum Gasteiger partial charge on any atom is -0.350 e. The number of primary amides is 1. The average Bonchev–Trinajstić information content (AvgIpc) is 2.15. The number of benzene rings is 1. The van der Waals surface area contributed by atoms with E-state index in [1.807, 2.05) is 0 Å². The average molecular weight is 214 g/mol. The van der Waals surface area contributed by atoms with Gasteiger partial charge in [0.1, 0.15) is 5.12 Å². The fraction of sp³-hybridized carbons (Fsp3) is 0. The van der Waals surface area contributed by atoms with Gasteiger partial charge in [-0.3, -0.25) is 0 Å². The predicted octanol–water partition coefficient (Wildman–Crippen LogP) is 1.12. The molecule has 0 spiro atoms. The number of anilines is 1. The first-order valence-corrected chi connectivity index (χ1v) is 3.71. The second-order valence-electron chi connectivity index (χ2n) is 2.45. The van der Waals surface area contributed by atoms with Crippen LogP contribution in [0.2, 0.25) is 0 Å². The molecule has 78 valence electrons. The van der Waals surface area contributed by atoms with Crippen LogP contribution in [-0.2, 0) is 0 Å². The van der Waals surface area contributed by atoms with Crippen LogP contribution in [0.3, 0.4) is 0 Å². The maximum absolute atomic E-state index is 13.1. The standard InChI is InChI=1S/C7H5F2N5O/c8-4-2-1-3-5(9)6(4)14(13-11)12-7(10)15/h1-3H,(H2-,10,12,15)/p+1. The minimum absolute atomic E-state index is 0.187. The Morgan fingerprint density at radius 2 is 2.00 bits per heavy atom. The molecule has 0 aromatic heterocycles. The lowest BCUT2D eigenvalue weighted by Gasteiger charge is -2.05. The Labute approximate surface area is 82.8 Å². The van der Waals surface area contributed by atoms with Crippen molar-refractivity contribution in [2.24, 2.45) is 5.73 Å². The number of diazo groups is 1. The zero-order valence-corrected chi connectivity index (χ0v) is 7.32. The van der Waals surface area contributed by atoms with E-state index < -0.39 is 23.4 Å². The smallest absolute Gasteiger partial charge is 0.336 e. The summed E-state index contributed by atoms with van der Waals surface area (Å²) >= 11 is 0. The van der Waals surface area contributed by atoms with Crippen molar-refractivity contribution >= 4 is 11.7 Å². The van der Waals surface area contributed by atoms with Crippen molar-refractivity contribution in [3.8, 4) is 0 Å². The quantitative estimate of drug-likeness (QED) is 0.571. The summed E-state index contributed by atoms with van der Waals surface area (Å²) in [5, 5.41) is 11.1. The number of nitrogens with two attached hydrogens (primary N) is 1. The number of hydrogen-bond donors (Lipinski definition) is 2. The number of amides is 2. The lowest BCUT2D eigenvalue weighted by Crippen LogP contribution is -2.41. The van der Waals surface area contributed by atoms with Gasteiger partial charge in [-0.25, -0.2) is 13.6 Å². The molecule has 0 aliphatic rings. The Morgan fingerprint density at radius 1 is 1.47 bits per heavy atom. The summed E-state index contributed by atoms with van der Waals surface area (Å²) in [6.45, 7) is 0. The van der Waals surface area contributed by atoms with Crippen LogP contribution in [0.1, 0.15) is 0 Å². The van der Waals surface area contributed by atoms with Gasteiger partial charge >= 0.3 is 11.1 Å². The van der Waals surface area contributed by atoms with Gasteiger partial charge in [-0.15, -0.1) is 0 Å². The summed E-state index contributed by atoms with van der Waals surface area (Å²) < 4.78 is 26.2. The number of urea groups is 1. The summed E-state index contributed by atoms with van der Waals surface area (Å²) in [4.78, 5) is 10.4. The van der Waals surface area contributed by atoms with E-state index in [0.29, 0.717) is 0 Å². The molecule has 0 saturated heterocycles. The highest BCUT2D eigenvalue weighted by Crippen LogP contribution is 2.21. The van der Waals surface area contributed by atoms with Gasteiger partial charge < -0.3 is 5.73 Å². The predicted molar refractivity (Wildman–Crippen MR) is 46.6 cm³/mol. The van der Waals surface area contributed by atoms with Crippen LogP contribution in [0.15, 0.2) is 18.2 Å². The molecule has 6 nitrogen and oxygen atoms in total. The maximum atomic E-state index is 13.1. The molecule has 0 radical (unpaired) electrons. The molecule has 2 amide bonds. The van der Waals surface area contributed by atoms with Crippen LogP contribution >= 0.6 is 0 Å². The van der Waals surface area contributed by atoms with Crippen molar-refractivity contribution in [3.05, 3.63) is 34.9 Å². The largest absolute Gasteiger partial charge is 0.350 e. The number of nitrogens with one attached hydrogen (secondary N) is 1. The van der Waals surface area contributed by atoms with Gasteiger partial charge in [0.05, 0.1) is 0 Å². The van der Waals surface area contributed by atoms with E-state index in [-0.39, 0.29) is 5.12 Å². The molecule has 0 heterocycles. The topological polar surface area (TPSA) is 86.5 Å². The first-order valence-electron chi connectivity index (χ1n) is 3.71. The summed E-state index contributed by atoms with van der Waals surface area (Å²) in [5.74, 6) is -2.02. The summed E-state index contributed by atoms with van der Waals surface area (Å²) in [6, 6.07) is 1.85. The van der Waals surface area contributed by atoms with E-state index in [9.17, 15) is 13.6 Å². The zero-order chi connectivity index (χ0) is 11.4. The molecule has 0 unspecified atom stereocenters. The fourth-order valence-electron chi connectivity index (χ4n) is 0.919. The monoisotopic (exact) mass is 214 g/mol. The van der Waals surface area contributed by atoms with Gasteiger partial charge in [0.25, 0.3) is 5.39 Å². The molecule has 0 bridgehead atoms. The molecular weight excluding hydrogens is 208 g/mol. The molecular formula is C7H6F2N5O+. The number of nitrogens with zero attached hydrogens (tertiary/aromatic N) is 3. The van der Waals surface area contributed by atoms with E-state index in [2.05, 4.69) is 5.08 Å². The normalized spacial score (nSPS) is 9.13. The van der Waals surface area contributed by atoms with Gasteiger partial charge in [-0.1, -0.05) is 6.07 Å². The Balaban J connectivity index is 3.13. The molecule has 0 saturated carbocycles.